The smallest absolute Gasteiger partial charge is 0.260 e. The first-order chi connectivity index (χ1) is 15.5. The maximum atomic E-state index is 12.9. The van der Waals surface area contributed by atoms with E-state index in [0.717, 1.165) is 15.5 Å². The first-order valence-electron chi connectivity index (χ1n) is 10.1. The highest BCUT2D eigenvalue weighted by atomic mass is 32.2. The number of benzene rings is 2. The number of morpholine rings is 1. The lowest BCUT2D eigenvalue weighted by molar-refractivity contribution is -0.126. The molecule has 0 unspecified atom stereocenters. The molecule has 1 N–H and O–H groups in total. The monoisotopic (exact) mass is 477 g/mol. The largest absolute Gasteiger partial charge is 0.385 e. The Balaban J connectivity index is 1.34. The summed E-state index contributed by atoms with van der Waals surface area (Å²) >= 11 is 1.64. The number of amides is 1. The zero-order valence-electron chi connectivity index (χ0n) is 17.2. The Bertz CT molecular complexity index is 1160. The summed E-state index contributed by atoms with van der Waals surface area (Å²) in [6.45, 7) is 1.55. The molecule has 0 atom stereocenters. The van der Waals surface area contributed by atoms with Crippen LogP contribution in [-0.4, -0.2) is 79.0 Å². The van der Waals surface area contributed by atoms with Gasteiger partial charge in [-0.15, -0.1) is 16.9 Å². The molecular weight excluding hydrogens is 454 g/mol. The first kappa shape index (κ1) is 22.5. The molecule has 0 aliphatic carbocycles. The van der Waals surface area contributed by atoms with E-state index in [-0.39, 0.29) is 17.4 Å². The van der Waals surface area contributed by atoms with E-state index in [0.29, 0.717) is 43.9 Å². The standard InChI is InChI=1S/C20H23N5O5S2/c26-20(21-8-13-31-16-4-2-1-3-5-16)15-30-25-19-14-17(6-7-18(19)22-23-25)32(27,28)24-9-11-29-12-10-24/h1-7,14H,8-13,15H2,(H,21,26). The van der Waals surface area contributed by atoms with Gasteiger partial charge in [0.05, 0.1) is 18.1 Å². The molecule has 0 spiro atoms. The van der Waals surface area contributed by atoms with Crippen LogP contribution in [0.2, 0.25) is 0 Å². The van der Waals surface area contributed by atoms with Gasteiger partial charge >= 0.3 is 0 Å². The summed E-state index contributed by atoms with van der Waals surface area (Å²) in [5, 5.41) is 10.6. The van der Waals surface area contributed by atoms with Crippen molar-refractivity contribution in [3.05, 3.63) is 48.5 Å². The molecule has 1 aliphatic heterocycles. The lowest BCUT2D eigenvalue weighted by atomic mass is 10.3. The summed E-state index contributed by atoms with van der Waals surface area (Å²) < 4.78 is 32.4. The highest BCUT2D eigenvalue weighted by molar-refractivity contribution is 7.99. The van der Waals surface area contributed by atoms with Crippen LogP contribution >= 0.6 is 11.8 Å². The van der Waals surface area contributed by atoms with Gasteiger partial charge in [-0.1, -0.05) is 23.0 Å². The van der Waals surface area contributed by atoms with Crippen LogP contribution < -0.4 is 10.2 Å². The predicted molar refractivity (Wildman–Crippen MR) is 119 cm³/mol. The average molecular weight is 478 g/mol. The Morgan fingerprint density at radius 3 is 2.72 bits per heavy atom. The number of hydrogen-bond donors (Lipinski definition) is 1. The number of sulfonamides is 1. The van der Waals surface area contributed by atoms with Gasteiger partial charge in [-0.3, -0.25) is 4.79 Å². The molecule has 1 aliphatic rings. The third-order valence-electron chi connectivity index (χ3n) is 4.75. The lowest BCUT2D eigenvalue weighted by Gasteiger charge is -2.26. The zero-order chi connectivity index (χ0) is 22.4. The van der Waals surface area contributed by atoms with Gasteiger partial charge in [0.25, 0.3) is 5.91 Å². The molecule has 0 saturated carbocycles. The molecular formula is C20H23N5O5S2. The Labute approximate surface area is 189 Å². The molecule has 12 heteroatoms. The van der Waals surface area contributed by atoms with Gasteiger partial charge < -0.3 is 14.9 Å². The van der Waals surface area contributed by atoms with Crippen molar-refractivity contribution in [3.63, 3.8) is 0 Å². The number of aromatic nitrogens is 3. The molecule has 10 nitrogen and oxygen atoms in total. The first-order valence-corrected chi connectivity index (χ1v) is 12.5. The number of nitrogens with one attached hydrogen (secondary N) is 1. The SMILES string of the molecule is O=C(COn1nnc2ccc(S(=O)(=O)N3CCOCC3)cc21)NCCSc1ccccc1. The molecule has 2 heterocycles. The van der Waals surface area contributed by atoms with Crippen molar-refractivity contribution in [3.8, 4) is 0 Å². The fourth-order valence-corrected chi connectivity index (χ4v) is 5.33. The van der Waals surface area contributed by atoms with Crippen LogP contribution in [0.25, 0.3) is 11.0 Å². The van der Waals surface area contributed by atoms with Gasteiger partial charge in [-0.25, -0.2) is 8.42 Å². The van der Waals surface area contributed by atoms with Crippen LogP contribution in [0.1, 0.15) is 0 Å². The van der Waals surface area contributed by atoms with E-state index < -0.39 is 10.0 Å². The van der Waals surface area contributed by atoms with Gasteiger partial charge in [-0.05, 0) is 35.5 Å². The van der Waals surface area contributed by atoms with E-state index in [9.17, 15) is 13.2 Å². The molecule has 1 fully saturated rings. The second-order valence-electron chi connectivity index (χ2n) is 6.91. The van der Waals surface area contributed by atoms with Gasteiger partial charge in [0, 0.05) is 30.3 Å². The number of rotatable bonds is 9. The highest BCUT2D eigenvalue weighted by Crippen LogP contribution is 2.21. The topological polar surface area (TPSA) is 116 Å². The van der Waals surface area contributed by atoms with E-state index in [1.165, 1.54) is 16.4 Å². The van der Waals surface area contributed by atoms with Gasteiger partial charge in [0.1, 0.15) is 11.0 Å². The maximum Gasteiger partial charge on any atom is 0.260 e. The summed E-state index contributed by atoms with van der Waals surface area (Å²) in [7, 11) is -3.67. The highest BCUT2D eigenvalue weighted by Gasteiger charge is 2.27. The number of carbonyl (C=O) groups is 1. The number of thioether (sulfide) groups is 1. The van der Waals surface area contributed by atoms with Crippen LogP contribution in [0.15, 0.2) is 58.3 Å². The Kier molecular flexibility index (Phi) is 7.25. The summed E-state index contributed by atoms with van der Waals surface area (Å²) in [6, 6.07) is 14.4. The van der Waals surface area contributed by atoms with E-state index in [1.54, 1.807) is 17.8 Å². The molecule has 1 saturated heterocycles. The molecule has 3 aromatic rings. The van der Waals surface area contributed by atoms with Gasteiger partial charge in [0.2, 0.25) is 10.0 Å². The fourth-order valence-electron chi connectivity index (χ4n) is 3.12. The third-order valence-corrected chi connectivity index (χ3v) is 7.66. The van der Waals surface area contributed by atoms with Crippen molar-refractivity contribution in [2.45, 2.75) is 9.79 Å². The van der Waals surface area contributed by atoms with Gasteiger partial charge in [0.15, 0.2) is 6.61 Å². The number of fused-ring (bicyclic) bond motifs is 1. The van der Waals surface area contributed by atoms with Crippen LogP contribution in [0.4, 0.5) is 0 Å². The summed E-state index contributed by atoms with van der Waals surface area (Å²) in [4.78, 5) is 19.9. The number of ether oxygens (including phenoxy) is 1. The second-order valence-corrected chi connectivity index (χ2v) is 10.0. The predicted octanol–water partition coefficient (Wildman–Crippen LogP) is 0.789. The maximum absolute atomic E-state index is 12.9. The van der Waals surface area contributed by atoms with Gasteiger partial charge in [-0.2, -0.15) is 4.31 Å². The Morgan fingerprint density at radius 1 is 1.16 bits per heavy atom. The molecule has 4 rings (SSSR count). The van der Waals surface area contributed by atoms with E-state index >= 15 is 0 Å². The lowest BCUT2D eigenvalue weighted by Crippen LogP contribution is -2.40. The van der Waals surface area contributed by atoms with Crippen molar-refractivity contribution >= 4 is 38.7 Å². The minimum absolute atomic E-state index is 0.112. The summed E-state index contributed by atoms with van der Waals surface area (Å²) in [6.07, 6.45) is 0. The normalized spacial score (nSPS) is 15.0. The molecule has 32 heavy (non-hydrogen) atoms. The van der Waals surface area contributed by atoms with Crippen molar-refractivity contribution in [2.24, 2.45) is 0 Å². The molecule has 170 valence electrons. The molecule has 0 bridgehead atoms. The molecule has 1 aromatic heterocycles. The molecule has 0 radical (unpaired) electrons. The average Bonchev–Trinajstić information content (AvgIpc) is 3.24. The minimum atomic E-state index is -3.67. The van der Waals surface area contributed by atoms with Crippen molar-refractivity contribution in [1.82, 2.24) is 24.8 Å². The van der Waals surface area contributed by atoms with Crippen molar-refractivity contribution in [1.29, 1.82) is 0 Å². The zero-order valence-corrected chi connectivity index (χ0v) is 18.8. The van der Waals surface area contributed by atoms with Crippen LogP contribution in [0, 0.1) is 0 Å². The quantitative estimate of drug-likeness (QED) is 0.355. The van der Waals surface area contributed by atoms with Crippen molar-refractivity contribution in [2.75, 3.05) is 45.2 Å². The van der Waals surface area contributed by atoms with Crippen LogP contribution in [-0.2, 0) is 19.6 Å². The number of carbonyl (C=O) groups excluding carboxylic acids is 1. The van der Waals surface area contributed by atoms with Crippen molar-refractivity contribution < 1.29 is 22.8 Å². The number of hydrogen-bond acceptors (Lipinski definition) is 8. The number of nitrogens with zero attached hydrogens (tertiary/aromatic N) is 4. The summed E-state index contributed by atoms with van der Waals surface area (Å²) in [5.74, 6) is 0.421. The molecule has 1 amide bonds. The van der Waals surface area contributed by atoms with E-state index in [4.69, 9.17) is 9.57 Å². The van der Waals surface area contributed by atoms with E-state index in [2.05, 4.69) is 15.6 Å². The fraction of sp³-hybridized carbons (Fsp3) is 0.350. The Hall–Kier alpha value is -2.67. The summed E-state index contributed by atoms with van der Waals surface area (Å²) in [5.41, 5.74) is 0.831. The minimum Gasteiger partial charge on any atom is -0.385 e. The van der Waals surface area contributed by atoms with Crippen LogP contribution in [0.5, 0.6) is 0 Å². The second kappa shape index (κ2) is 10.3. The molecule has 2 aromatic carbocycles. The van der Waals surface area contributed by atoms with E-state index in [1.807, 2.05) is 30.3 Å². The Morgan fingerprint density at radius 2 is 1.94 bits per heavy atom. The third kappa shape index (κ3) is 5.38. The van der Waals surface area contributed by atoms with Crippen LogP contribution in [0.3, 0.4) is 0 Å².